The topological polar surface area (TPSA) is 100 Å². The van der Waals surface area contributed by atoms with Crippen molar-refractivity contribution in [3.63, 3.8) is 0 Å². The molecule has 0 spiro atoms. The molecule has 3 rings (SSSR count). The molecule has 0 fully saturated rings. The van der Waals surface area contributed by atoms with Gasteiger partial charge in [0.15, 0.2) is 11.5 Å². The molecule has 2 aromatic heterocycles. The number of aromatic nitrogens is 4. The highest BCUT2D eigenvalue weighted by molar-refractivity contribution is 5.91. The van der Waals surface area contributed by atoms with Crippen molar-refractivity contribution in [2.75, 3.05) is 25.3 Å². The smallest absolute Gasteiger partial charge is 0.225 e. The Bertz CT molecular complexity index is 876. The predicted molar refractivity (Wildman–Crippen MR) is 92.3 cm³/mol. The summed E-state index contributed by atoms with van der Waals surface area (Å²) in [6, 6.07) is 3.56. The van der Waals surface area contributed by atoms with Crippen molar-refractivity contribution in [3.8, 4) is 11.5 Å². The molecule has 1 aromatic carbocycles. The molecule has 0 aliphatic heterocycles. The lowest BCUT2D eigenvalue weighted by atomic mass is 10.2. The minimum atomic E-state index is -0.00399. The number of ether oxygens (including phenoxy) is 2. The fraction of sp³-hybridized carbons (Fsp3) is 0.312. The van der Waals surface area contributed by atoms with Gasteiger partial charge in [0.25, 0.3) is 0 Å². The summed E-state index contributed by atoms with van der Waals surface area (Å²) in [5, 5.41) is 8.13. The molecule has 8 nitrogen and oxygen atoms in total. The van der Waals surface area contributed by atoms with Gasteiger partial charge < -0.3 is 20.5 Å². The van der Waals surface area contributed by atoms with Crippen LogP contribution in [0, 0.1) is 0 Å². The maximum absolute atomic E-state index is 6.09. The van der Waals surface area contributed by atoms with E-state index in [1.807, 2.05) is 20.2 Å². The molecule has 0 saturated heterocycles. The summed E-state index contributed by atoms with van der Waals surface area (Å²) in [5.74, 6) is 2.00. The van der Waals surface area contributed by atoms with E-state index < -0.39 is 0 Å². The molecule has 2 heterocycles. The molecule has 0 amide bonds. The number of fused-ring (bicyclic) bond motifs is 1. The van der Waals surface area contributed by atoms with Gasteiger partial charge in [-0.2, -0.15) is 10.1 Å². The van der Waals surface area contributed by atoms with Crippen molar-refractivity contribution in [1.82, 2.24) is 19.7 Å². The molecule has 0 aliphatic carbocycles. The highest BCUT2D eigenvalue weighted by atomic mass is 16.5. The molecule has 8 heteroatoms. The molecule has 126 valence electrons. The number of anilines is 2. The first-order chi connectivity index (χ1) is 11.5. The number of nitrogen functional groups attached to an aromatic ring is 1. The summed E-state index contributed by atoms with van der Waals surface area (Å²) in [4.78, 5) is 8.86. The Labute approximate surface area is 139 Å². The molecule has 1 unspecified atom stereocenters. The van der Waals surface area contributed by atoms with Gasteiger partial charge in [0.05, 0.1) is 32.0 Å². The number of benzene rings is 1. The van der Waals surface area contributed by atoms with E-state index >= 15 is 0 Å². The Kier molecular flexibility index (Phi) is 4.11. The van der Waals surface area contributed by atoms with Crippen molar-refractivity contribution in [2.24, 2.45) is 7.05 Å². The molecular weight excluding hydrogens is 308 g/mol. The Balaban J connectivity index is 1.97. The maximum Gasteiger partial charge on any atom is 0.225 e. The number of aryl methyl sites for hydroxylation is 1. The standard InChI is InChI=1S/C16H20N6O2/c1-9(10-7-18-22(2)8-10)19-16-20-12-6-14(24-4)13(23-3)5-11(12)15(17)21-16/h5-9H,1-4H3,(H3,17,19,20,21). The lowest BCUT2D eigenvalue weighted by Crippen LogP contribution is -2.10. The SMILES string of the molecule is COc1cc2nc(NC(C)c3cnn(C)c3)nc(N)c2cc1OC. The van der Waals surface area contributed by atoms with Crippen LogP contribution in [0.1, 0.15) is 18.5 Å². The van der Waals surface area contributed by atoms with Gasteiger partial charge in [-0.05, 0) is 13.0 Å². The summed E-state index contributed by atoms with van der Waals surface area (Å²) < 4.78 is 12.4. The van der Waals surface area contributed by atoms with Crippen LogP contribution in [0.3, 0.4) is 0 Å². The van der Waals surface area contributed by atoms with Gasteiger partial charge in [-0.3, -0.25) is 4.68 Å². The van der Waals surface area contributed by atoms with E-state index in [0.29, 0.717) is 34.2 Å². The van der Waals surface area contributed by atoms with E-state index in [4.69, 9.17) is 15.2 Å². The fourth-order valence-corrected chi connectivity index (χ4v) is 2.48. The second-order valence-corrected chi connectivity index (χ2v) is 5.47. The van der Waals surface area contributed by atoms with Gasteiger partial charge in [0, 0.05) is 30.3 Å². The summed E-state index contributed by atoms with van der Waals surface area (Å²) in [6.45, 7) is 2.01. The first-order valence-electron chi connectivity index (χ1n) is 7.46. The number of hydrogen-bond acceptors (Lipinski definition) is 7. The molecule has 0 bridgehead atoms. The van der Waals surface area contributed by atoms with Gasteiger partial charge in [0.2, 0.25) is 5.95 Å². The highest BCUT2D eigenvalue weighted by Gasteiger charge is 2.14. The van der Waals surface area contributed by atoms with Crippen LogP contribution in [0.4, 0.5) is 11.8 Å². The van der Waals surface area contributed by atoms with E-state index in [1.165, 1.54) is 0 Å². The van der Waals surface area contributed by atoms with Crippen LogP contribution in [-0.2, 0) is 7.05 Å². The number of hydrogen-bond donors (Lipinski definition) is 2. The molecule has 0 aliphatic rings. The summed E-state index contributed by atoms with van der Waals surface area (Å²) in [7, 11) is 5.03. The fourth-order valence-electron chi connectivity index (χ4n) is 2.48. The summed E-state index contributed by atoms with van der Waals surface area (Å²) in [6.07, 6.45) is 3.74. The van der Waals surface area contributed by atoms with Crippen LogP contribution in [0.5, 0.6) is 11.5 Å². The van der Waals surface area contributed by atoms with E-state index in [1.54, 1.807) is 37.2 Å². The third-order valence-corrected chi connectivity index (χ3v) is 3.80. The van der Waals surface area contributed by atoms with Crippen LogP contribution in [0.15, 0.2) is 24.5 Å². The molecule has 0 radical (unpaired) electrons. The van der Waals surface area contributed by atoms with Crippen LogP contribution in [-0.4, -0.2) is 34.0 Å². The Morgan fingerprint density at radius 1 is 1.17 bits per heavy atom. The molecule has 0 saturated carbocycles. The average Bonchev–Trinajstić information content (AvgIpc) is 3.00. The third-order valence-electron chi connectivity index (χ3n) is 3.80. The van der Waals surface area contributed by atoms with Crippen LogP contribution in [0.25, 0.3) is 10.9 Å². The quantitative estimate of drug-likeness (QED) is 0.740. The van der Waals surface area contributed by atoms with Gasteiger partial charge in [-0.15, -0.1) is 0 Å². The minimum absolute atomic E-state index is 0.00399. The monoisotopic (exact) mass is 328 g/mol. The van der Waals surface area contributed by atoms with E-state index in [-0.39, 0.29) is 6.04 Å². The lowest BCUT2D eigenvalue weighted by Gasteiger charge is -2.14. The number of nitrogens with one attached hydrogen (secondary N) is 1. The Morgan fingerprint density at radius 3 is 2.50 bits per heavy atom. The first kappa shape index (κ1) is 15.9. The normalized spacial score (nSPS) is 12.2. The number of nitrogens with two attached hydrogens (primary N) is 1. The van der Waals surface area contributed by atoms with Gasteiger partial charge in [-0.1, -0.05) is 0 Å². The maximum atomic E-state index is 6.09. The Hall–Kier alpha value is -3.03. The largest absolute Gasteiger partial charge is 0.493 e. The highest BCUT2D eigenvalue weighted by Crippen LogP contribution is 2.34. The molecule has 3 aromatic rings. The van der Waals surface area contributed by atoms with Gasteiger partial charge in [0.1, 0.15) is 5.82 Å². The van der Waals surface area contributed by atoms with Crippen LogP contribution < -0.4 is 20.5 Å². The van der Waals surface area contributed by atoms with Crippen molar-refractivity contribution >= 4 is 22.7 Å². The van der Waals surface area contributed by atoms with E-state index in [2.05, 4.69) is 20.4 Å². The summed E-state index contributed by atoms with van der Waals surface area (Å²) in [5.41, 5.74) is 7.80. The second kappa shape index (κ2) is 6.23. The van der Waals surface area contributed by atoms with E-state index in [0.717, 1.165) is 5.56 Å². The van der Waals surface area contributed by atoms with E-state index in [9.17, 15) is 0 Å². The molecule has 3 N–H and O–H groups in total. The Morgan fingerprint density at radius 2 is 1.88 bits per heavy atom. The molecular formula is C16H20N6O2. The zero-order valence-electron chi connectivity index (χ0n) is 14.1. The van der Waals surface area contributed by atoms with Crippen molar-refractivity contribution in [3.05, 3.63) is 30.1 Å². The number of methoxy groups -OCH3 is 2. The minimum Gasteiger partial charge on any atom is -0.493 e. The zero-order chi connectivity index (χ0) is 17.3. The third kappa shape index (κ3) is 2.90. The second-order valence-electron chi connectivity index (χ2n) is 5.47. The van der Waals surface area contributed by atoms with Crippen LogP contribution in [0.2, 0.25) is 0 Å². The van der Waals surface area contributed by atoms with Crippen LogP contribution >= 0.6 is 0 Å². The first-order valence-corrected chi connectivity index (χ1v) is 7.46. The van der Waals surface area contributed by atoms with Gasteiger partial charge in [-0.25, -0.2) is 4.98 Å². The zero-order valence-corrected chi connectivity index (χ0v) is 14.1. The lowest BCUT2D eigenvalue weighted by molar-refractivity contribution is 0.356. The molecule has 1 atom stereocenters. The van der Waals surface area contributed by atoms with Crippen molar-refractivity contribution in [2.45, 2.75) is 13.0 Å². The molecule has 24 heavy (non-hydrogen) atoms. The predicted octanol–water partition coefficient (Wildman–Crippen LogP) is 2.14. The summed E-state index contributed by atoms with van der Waals surface area (Å²) >= 11 is 0. The van der Waals surface area contributed by atoms with Crippen molar-refractivity contribution < 1.29 is 9.47 Å². The van der Waals surface area contributed by atoms with Gasteiger partial charge >= 0.3 is 0 Å². The number of rotatable bonds is 5. The average molecular weight is 328 g/mol. The van der Waals surface area contributed by atoms with Crippen molar-refractivity contribution in [1.29, 1.82) is 0 Å². The number of nitrogens with zero attached hydrogens (tertiary/aromatic N) is 4.